The van der Waals surface area contributed by atoms with Crippen molar-refractivity contribution in [2.75, 3.05) is 38.2 Å². The Balaban J connectivity index is 1.61. The van der Waals surface area contributed by atoms with Gasteiger partial charge in [-0.05, 0) is 31.0 Å². The average molecular weight is 339 g/mol. The molecule has 1 aromatic rings. The van der Waals surface area contributed by atoms with Crippen molar-refractivity contribution in [2.24, 2.45) is 5.92 Å². The first-order chi connectivity index (χ1) is 11.1. The summed E-state index contributed by atoms with van der Waals surface area (Å²) in [6, 6.07) is 5.73. The Morgan fingerprint density at radius 2 is 2.13 bits per heavy atom. The normalized spacial score (nSPS) is 25.5. The van der Waals surface area contributed by atoms with E-state index in [0.29, 0.717) is 11.6 Å². The molecule has 126 valence electrons. The van der Waals surface area contributed by atoms with Crippen LogP contribution in [0.25, 0.3) is 0 Å². The predicted octanol–water partition coefficient (Wildman–Crippen LogP) is 2.54. The maximum Gasteiger partial charge on any atom is 0.230 e. The monoisotopic (exact) mass is 338 g/mol. The van der Waals surface area contributed by atoms with Gasteiger partial charge in [0.05, 0.1) is 25.2 Å². The van der Waals surface area contributed by atoms with Crippen molar-refractivity contribution in [1.82, 2.24) is 4.90 Å². The fourth-order valence-electron chi connectivity index (χ4n) is 3.06. The molecule has 0 unspecified atom stereocenters. The third-order valence-corrected chi connectivity index (χ3v) is 4.88. The number of hydrogen-bond acceptors (Lipinski definition) is 4. The van der Waals surface area contributed by atoms with E-state index in [1.54, 1.807) is 0 Å². The van der Waals surface area contributed by atoms with Crippen LogP contribution >= 0.6 is 11.6 Å². The molecule has 0 aromatic heterocycles. The maximum atomic E-state index is 12.3. The number of carbonyl (C=O) groups is 1. The van der Waals surface area contributed by atoms with Gasteiger partial charge in [0.25, 0.3) is 0 Å². The number of anilines is 1. The van der Waals surface area contributed by atoms with E-state index in [2.05, 4.69) is 10.2 Å². The Morgan fingerprint density at radius 3 is 2.78 bits per heavy atom. The molecular weight excluding hydrogens is 316 g/mol. The molecule has 0 aliphatic carbocycles. The molecule has 2 heterocycles. The van der Waals surface area contributed by atoms with Crippen LogP contribution in [-0.4, -0.2) is 49.8 Å². The lowest BCUT2D eigenvalue weighted by Crippen LogP contribution is -2.35. The van der Waals surface area contributed by atoms with E-state index in [-0.39, 0.29) is 17.9 Å². The van der Waals surface area contributed by atoms with Gasteiger partial charge in [0.1, 0.15) is 0 Å². The lowest BCUT2D eigenvalue weighted by Gasteiger charge is -2.27. The summed E-state index contributed by atoms with van der Waals surface area (Å²) in [7, 11) is 0. The van der Waals surface area contributed by atoms with Crippen LogP contribution in [-0.2, 0) is 20.8 Å². The van der Waals surface area contributed by atoms with E-state index >= 15 is 0 Å². The molecule has 2 aliphatic rings. The van der Waals surface area contributed by atoms with Gasteiger partial charge in [0.15, 0.2) is 0 Å². The molecule has 1 N–H and O–H groups in total. The van der Waals surface area contributed by atoms with Crippen LogP contribution in [0.5, 0.6) is 0 Å². The highest BCUT2D eigenvalue weighted by molar-refractivity contribution is 6.31. The molecule has 0 radical (unpaired) electrons. The molecule has 0 saturated carbocycles. The Morgan fingerprint density at radius 1 is 1.35 bits per heavy atom. The largest absolute Gasteiger partial charge is 0.379 e. The molecule has 5 nitrogen and oxygen atoms in total. The SMILES string of the molecule is C[C@@H]1OCC[C@H]1C(=O)Nc1ccc(CN2CCOCC2)c(Cl)c1. The van der Waals surface area contributed by atoms with Crippen molar-refractivity contribution in [3.8, 4) is 0 Å². The Hall–Kier alpha value is -1.14. The van der Waals surface area contributed by atoms with Crippen LogP contribution in [0.15, 0.2) is 18.2 Å². The predicted molar refractivity (Wildman–Crippen MR) is 89.7 cm³/mol. The van der Waals surface area contributed by atoms with Gasteiger partial charge >= 0.3 is 0 Å². The van der Waals surface area contributed by atoms with Gasteiger partial charge in [0.2, 0.25) is 5.91 Å². The number of amides is 1. The van der Waals surface area contributed by atoms with Crippen LogP contribution in [0.1, 0.15) is 18.9 Å². The summed E-state index contributed by atoms with van der Waals surface area (Å²) < 4.78 is 10.8. The zero-order chi connectivity index (χ0) is 16.2. The molecule has 2 saturated heterocycles. The standard InChI is InChI=1S/C17H23ClN2O3/c1-12-15(4-7-23-12)17(21)19-14-3-2-13(16(18)10-14)11-20-5-8-22-9-6-20/h2-3,10,12,15H,4-9,11H2,1H3,(H,19,21)/t12-,15+/m0/s1. The van der Waals surface area contributed by atoms with Crippen molar-refractivity contribution in [3.05, 3.63) is 28.8 Å². The smallest absolute Gasteiger partial charge is 0.230 e. The maximum absolute atomic E-state index is 12.3. The van der Waals surface area contributed by atoms with Crippen LogP contribution < -0.4 is 5.32 Å². The highest BCUT2D eigenvalue weighted by Gasteiger charge is 2.30. The van der Waals surface area contributed by atoms with E-state index < -0.39 is 0 Å². The van der Waals surface area contributed by atoms with E-state index in [9.17, 15) is 4.79 Å². The van der Waals surface area contributed by atoms with Crippen LogP contribution in [0, 0.1) is 5.92 Å². The van der Waals surface area contributed by atoms with Crippen LogP contribution in [0.2, 0.25) is 5.02 Å². The highest BCUT2D eigenvalue weighted by atomic mass is 35.5. The number of morpholine rings is 1. The Bertz CT molecular complexity index is 561. The summed E-state index contributed by atoms with van der Waals surface area (Å²) in [4.78, 5) is 14.6. The van der Waals surface area contributed by atoms with E-state index in [1.807, 2.05) is 25.1 Å². The summed E-state index contributed by atoms with van der Waals surface area (Å²) in [6.07, 6.45) is 0.751. The fourth-order valence-corrected chi connectivity index (χ4v) is 3.30. The summed E-state index contributed by atoms with van der Waals surface area (Å²) in [5.74, 6) is -0.0752. The van der Waals surface area contributed by atoms with E-state index in [4.69, 9.17) is 21.1 Å². The topological polar surface area (TPSA) is 50.8 Å². The van der Waals surface area contributed by atoms with Crippen LogP contribution in [0.3, 0.4) is 0 Å². The second kappa shape index (κ2) is 7.62. The molecule has 3 rings (SSSR count). The number of rotatable bonds is 4. The first-order valence-corrected chi connectivity index (χ1v) is 8.52. The number of nitrogens with one attached hydrogen (secondary N) is 1. The van der Waals surface area contributed by atoms with Gasteiger partial charge in [-0.25, -0.2) is 0 Å². The molecule has 0 spiro atoms. The summed E-state index contributed by atoms with van der Waals surface area (Å²) in [5.41, 5.74) is 1.81. The molecule has 1 amide bonds. The Labute approximate surface area is 141 Å². The number of ether oxygens (including phenoxy) is 2. The average Bonchev–Trinajstić information content (AvgIpc) is 2.97. The molecule has 2 aliphatic heterocycles. The van der Waals surface area contributed by atoms with Gasteiger partial charge in [-0.1, -0.05) is 17.7 Å². The second-order valence-corrected chi connectivity index (χ2v) is 6.56. The van der Waals surface area contributed by atoms with Crippen molar-refractivity contribution >= 4 is 23.2 Å². The number of carbonyl (C=O) groups excluding carboxylic acids is 1. The molecule has 2 fully saturated rings. The number of benzene rings is 1. The highest BCUT2D eigenvalue weighted by Crippen LogP contribution is 2.25. The van der Waals surface area contributed by atoms with Gasteiger partial charge < -0.3 is 14.8 Å². The Kier molecular flexibility index (Phi) is 5.54. The molecule has 23 heavy (non-hydrogen) atoms. The summed E-state index contributed by atoms with van der Waals surface area (Å²) in [5, 5.41) is 3.63. The molecule has 6 heteroatoms. The quantitative estimate of drug-likeness (QED) is 0.916. The minimum atomic E-state index is -0.0817. The van der Waals surface area contributed by atoms with Crippen molar-refractivity contribution < 1.29 is 14.3 Å². The summed E-state index contributed by atoms with van der Waals surface area (Å²) in [6.45, 7) is 6.79. The third-order valence-electron chi connectivity index (χ3n) is 4.53. The minimum absolute atomic E-state index is 0.00648. The lowest BCUT2D eigenvalue weighted by atomic mass is 10.0. The van der Waals surface area contributed by atoms with Crippen molar-refractivity contribution in [2.45, 2.75) is 26.0 Å². The molecule has 0 bridgehead atoms. The zero-order valence-corrected chi connectivity index (χ0v) is 14.1. The van der Waals surface area contributed by atoms with E-state index in [0.717, 1.165) is 50.5 Å². The van der Waals surface area contributed by atoms with Crippen molar-refractivity contribution in [1.29, 1.82) is 0 Å². The van der Waals surface area contributed by atoms with Crippen molar-refractivity contribution in [3.63, 3.8) is 0 Å². The van der Waals surface area contributed by atoms with Gasteiger partial charge in [0, 0.05) is 37.0 Å². The molecule has 2 atom stereocenters. The fraction of sp³-hybridized carbons (Fsp3) is 0.588. The minimum Gasteiger partial charge on any atom is -0.379 e. The van der Waals surface area contributed by atoms with Gasteiger partial charge in [-0.2, -0.15) is 0 Å². The number of hydrogen-bond donors (Lipinski definition) is 1. The lowest BCUT2D eigenvalue weighted by molar-refractivity contribution is -0.121. The molecule has 1 aromatic carbocycles. The second-order valence-electron chi connectivity index (χ2n) is 6.16. The first-order valence-electron chi connectivity index (χ1n) is 8.14. The number of halogens is 1. The number of nitrogens with zero attached hydrogens (tertiary/aromatic N) is 1. The first kappa shape index (κ1) is 16.7. The van der Waals surface area contributed by atoms with E-state index in [1.165, 1.54) is 0 Å². The van der Waals surface area contributed by atoms with Gasteiger partial charge in [-0.3, -0.25) is 9.69 Å². The third kappa shape index (κ3) is 4.23. The van der Waals surface area contributed by atoms with Crippen LogP contribution in [0.4, 0.5) is 5.69 Å². The van der Waals surface area contributed by atoms with Gasteiger partial charge in [-0.15, -0.1) is 0 Å². The summed E-state index contributed by atoms with van der Waals surface area (Å²) >= 11 is 6.39. The molecular formula is C17H23ClN2O3. The zero-order valence-electron chi connectivity index (χ0n) is 13.4.